The Hall–Kier alpha value is -2.50. The maximum absolute atomic E-state index is 12.9. The second-order valence-electron chi connectivity index (χ2n) is 4.11. The SMILES string of the molecule is CCc1nnc2c(=O)n(-c3ccc(F)cc3)ccn12. The smallest absolute Gasteiger partial charge is 0.280 e. The van der Waals surface area contributed by atoms with E-state index in [0.717, 1.165) is 5.82 Å². The second kappa shape index (κ2) is 4.31. The van der Waals surface area contributed by atoms with Crippen molar-refractivity contribution in [1.82, 2.24) is 19.2 Å². The highest BCUT2D eigenvalue weighted by atomic mass is 19.1. The number of hydrogen-bond acceptors (Lipinski definition) is 3. The van der Waals surface area contributed by atoms with Gasteiger partial charge in [0.1, 0.15) is 11.6 Å². The maximum Gasteiger partial charge on any atom is 0.300 e. The summed E-state index contributed by atoms with van der Waals surface area (Å²) in [7, 11) is 0. The molecule has 0 N–H and O–H groups in total. The molecule has 0 amide bonds. The highest BCUT2D eigenvalue weighted by molar-refractivity contribution is 5.40. The molecule has 0 saturated heterocycles. The third kappa shape index (κ3) is 1.81. The molecule has 3 rings (SSSR count). The zero-order chi connectivity index (χ0) is 13.4. The average molecular weight is 258 g/mol. The van der Waals surface area contributed by atoms with E-state index in [4.69, 9.17) is 0 Å². The molecule has 0 aliphatic heterocycles. The van der Waals surface area contributed by atoms with E-state index in [-0.39, 0.29) is 17.0 Å². The molecule has 96 valence electrons. The minimum Gasteiger partial charge on any atom is -0.280 e. The maximum atomic E-state index is 12.9. The summed E-state index contributed by atoms with van der Waals surface area (Å²) in [5, 5.41) is 7.86. The lowest BCUT2D eigenvalue weighted by Gasteiger charge is -2.05. The van der Waals surface area contributed by atoms with Gasteiger partial charge in [-0.15, -0.1) is 10.2 Å². The van der Waals surface area contributed by atoms with Crippen molar-refractivity contribution in [2.45, 2.75) is 13.3 Å². The van der Waals surface area contributed by atoms with Crippen LogP contribution in [0.5, 0.6) is 0 Å². The topological polar surface area (TPSA) is 52.2 Å². The van der Waals surface area contributed by atoms with Gasteiger partial charge in [0, 0.05) is 24.5 Å². The minimum atomic E-state index is -0.339. The molecule has 0 radical (unpaired) electrons. The van der Waals surface area contributed by atoms with E-state index >= 15 is 0 Å². The van der Waals surface area contributed by atoms with Crippen molar-refractivity contribution in [3.8, 4) is 5.69 Å². The van der Waals surface area contributed by atoms with Gasteiger partial charge in [-0.05, 0) is 24.3 Å². The molecule has 0 aliphatic rings. The Balaban J connectivity index is 2.23. The second-order valence-corrected chi connectivity index (χ2v) is 4.11. The summed E-state index contributed by atoms with van der Waals surface area (Å²) >= 11 is 0. The Kier molecular flexibility index (Phi) is 2.63. The molecule has 19 heavy (non-hydrogen) atoms. The molecular weight excluding hydrogens is 247 g/mol. The van der Waals surface area contributed by atoms with Crippen LogP contribution in [0, 0.1) is 5.82 Å². The number of halogens is 1. The predicted octanol–water partition coefficient (Wildman–Crippen LogP) is 1.58. The van der Waals surface area contributed by atoms with Crippen LogP contribution in [0.25, 0.3) is 11.3 Å². The first-order valence-corrected chi connectivity index (χ1v) is 5.92. The van der Waals surface area contributed by atoms with Crippen LogP contribution >= 0.6 is 0 Å². The summed E-state index contributed by atoms with van der Waals surface area (Å²) in [4.78, 5) is 12.3. The molecule has 5 nitrogen and oxygen atoms in total. The predicted molar refractivity (Wildman–Crippen MR) is 67.9 cm³/mol. The van der Waals surface area contributed by atoms with Gasteiger partial charge >= 0.3 is 5.56 Å². The normalized spacial score (nSPS) is 11.1. The van der Waals surface area contributed by atoms with E-state index in [1.807, 2.05) is 6.92 Å². The van der Waals surface area contributed by atoms with Crippen LogP contribution in [-0.4, -0.2) is 19.2 Å². The average Bonchev–Trinajstić information content (AvgIpc) is 2.84. The highest BCUT2D eigenvalue weighted by Gasteiger charge is 2.10. The first-order valence-electron chi connectivity index (χ1n) is 5.92. The zero-order valence-electron chi connectivity index (χ0n) is 10.2. The standard InChI is InChI=1S/C13H11FN4O/c1-2-11-15-16-12-13(19)17(7-8-18(11)12)10-5-3-9(14)4-6-10/h3-8H,2H2,1H3. The van der Waals surface area contributed by atoms with Gasteiger partial charge in [-0.3, -0.25) is 13.8 Å². The number of rotatable bonds is 2. The first-order chi connectivity index (χ1) is 9.20. The Morgan fingerprint density at radius 3 is 2.58 bits per heavy atom. The molecule has 0 atom stereocenters. The molecule has 0 fully saturated rings. The van der Waals surface area contributed by atoms with Crippen molar-refractivity contribution in [2.24, 2.45) is 0 Å². The van der Waals surface area contributed by atoms with Crippen LogP contribution in [0.4, 0.5) is 4.39 Å². The molecular formula is C13H11FN4O. The fourth-order valence-electron chi connectivity index (χ4n) is 1.98. The van der Waals surface area contributed by atoms with Gasteiger partial charge in [0.05, 0.1) is 0 Å². The quantitative estimate of drug-likeness (QED) is 0.701. The Bertz CT molecular complexity index is 789. The van der Waals surface area contributed by atoms with Gasteiger partial charge in [0.25, 0.3) is 0 Å². The number of aromatic nitrogens is 4. The van der Waals surface area contributed by atoms with Gasteiger partial charge < -0.3 is 0 Å². The largest absolute Gasteiger partial charge is 0.300 e. The van der Waals surface area contributed by atoms with E-state index in [1.54, 1.807) is 28.9 Å². The fraction of sp³-hybridized carbons (Fsp3) is 0.154. The van der Waals surface area contributed by atoms with E-state index < -0.39 is 0 Å². The van der Waals surface area contributed by atoms with Crippen LogP contribution in [0.1, 0.15) is 12.7 Å². The van der Waals surface area contributed by atoms with Crippen LogP contribution < -0.4 is 5.56 Å². The summed E-state index contributed by atoms with van der Waals surface area (Å²) in [6.45, 7) is 1.95. The van der Waals surface area contributed by atoms with Gasteiger partial charge in [0.15, 0.2) is 0 Å². The summed E-state index contributed by atoms with van der Waals surface area (Å²) in [5.41, 5.74) is 0.583. The van der Waals surface area contributed by atoms with Crippen LogP contribution in [0.2, 0.25) is 0 Å². The number of fused-ring (bicyclic) bond motifs is 1. The lowest BCUT2D eigenvalue weighted by molar-refractivity contribution is 0.627. The molecule has 0 bridgehead atoms. The number of benzene rings is 1. The molecule has 0 spiro atoms. The van der Waals surface area contributed by atoms with Crippen molar-refractivity contribution in [2.75, 3.05) is 0 Å². The minimum absolute atomic E-state index is 0.267. The van der Waals surface area contributed by atoms with Crippen LogP contribution in [-0.2, 0) is 6.42 Å². The monoisotopic (exact) mass is 258 g/mol. The number of hydrogen-bond donors (Lipinski definition) is 0. The molecule has 0 unspecified atom stereocenters. The van der Waals surface area contributed by atoms with Crippen molar-refractivity contribution in [3.63, 3.8) is 0 Å². The lowest BCUT2D eigenvalue weighted by atomic mass is 10.3. The number of aryl methyl sites for hydroxylation is 1. The molecule has 3 aromatic rings. The third-order valence-corrected chi connectivity index (χ3v) is 2.96. The summed E-state index contributed by atoms with van der Waals surface area (Å²) in [5.74, 6) is 0.395. The van der Waals surface area contributed by atoms with Crippen LogP contribution in [0.3, 0.4) is 0 Å². The summed E-state index contributed by atoms with van der Waals surface area (Å²) in [6.07, 6.45) is 4.06. The number of nitrogens with zero attached hydrogens (tertiary/aromatic N) is 4. The Morgan fingerprint density at radius 1 is 1.16 bits per heavy atom. The zero-order valence-corrected chi connectivity index (χ0v) is 10.2. The van der Waals surface area contributed by atoms with E-state index in [1.165, 1.54) is 16.7 Å². The van der Waals surface area contributed by atoms with Gasteiger partial charge in [-0.2, -0.15) is 0 Å². The van der Waals surface area contributed by atoms with Crippen molar-refractivity contribution >= 4 is 5.65 Å². The van der Waals surface area contributed by atoms with E-state index in [0.29, 0.717) is 12.1 Å². The van der Waals surface area contributed by atoms with Gasteiger partial charge in [0.2, 0.25) is 5.65 Å². The first kappa shape index (κ1) is 11.6. The van der Waals surface area contributed by atoms with Crippen LogP contribution in [0.15, 0.2) is 41.5 Å². The molecule has 1 aromatic carbocycles. The molecule has 2 heterocycles. The van der Waals surface area contributed by atoms with Crippen molar-refractivity contribution < 1.29 is 4.39 Å². The summed E-state index contributed by atoms with van der Waals surface area (Å²) < 4.78 is 16.0. The Morgan fingerprint density at radius 2 is 1.89 bits per heavy atom. The van der Waals surface area contributed by atoms with E-state index in [9.17, 15) is 9.18 Å². The third-order valence-electron chi connectivity index (χ3n) is 2.96. The van der Waals surface area contributed by atoms with Gasteiger partial charge in [-0.25, -0.2) is 4.39 Å². The van der Waals surface area contributed by atoms with E-state index in [2.05, 4.69) is 10.2 Å². The van der Waals surface area contributed by atoms with Gasteiger partial charge in [-0.1, -0.05) is 6.92 Å². The van der Waals surface area contributed by atoms with Crippen molar-refractivity contribution in [3.05, 3.63) is 58.7 Å². The molecule has 0 aliphatic carbocycles. The highest BCUT2D eigenvalue weighted by Crippen LogP contribution is 2.08. The molecule has 6 heteroatoms. The molecule has 0 saturated carbocycles. The lowest BCUT2D eigenvalue weighted by Crippen LogP contribution is -2.20. The fourth-order valence-corrected chi connectivity index (χ4v) is 1.98. The van der Waals surface area contributed by atoms with Crippen molar-refractivity contribution in [1.29, 1.82) is 0 Å². The molecule has 2 aromatic heterocycles. The Labute approximate surface area is 108 Å². The summed E-state index contributed by atoms with van der Waals surface area (Å²) in [6, 6.07) is 5.72.